The van der Waals surface area contributed by atoms with E-state index in [2.05, 4.69) is 30.6 Å². The van der Waals surface area contributed by atoms with Crippen molar-refractivity contribution >= 4 is 34.3 Å². The summed E-state index contributed by atoms with van der Waals surface area (Å²) in [4.78, 5) is 29.0. The van der Waals surface area contributed by atoms with E-state index >= 15 is 0 Å². The summed E-state index contributed by atoms with van der Waals surface area (Å²) in [5.74, 6) is 1.52. The Morgan fingerprint density at radius 1 is 1.12 bits per heavy atom. The van der Waals surface area contributed by atoms with Crippen LogP contribution >= 0.6 is 0 Å². The molecule has 0 radical (unpaired) electrons. The van der Waals surface area contributed by atoms with Crippen LogP contribution in [0.15, 0.2) is 36.8 Å². The van der Waals surface area contributed by atoms with Gasteiger partial charge in [-0.05, 0) is 37.5 Å². The zero-order chi connectivity index (χ0) is 17.9. The van der Waals surface area contributed by atoms with Crippen LogP contribution in [0, 0.1) is 6.92 Å². The van der Waals surface area contributed by atoms with E-state index in [0.29, 0.717) is 41.4 Å². The lowest BCUT2D eigenvalue weighted by Crippen LogP contribution is -2.26. The number of fused-ring (bicyclic) bond motifs is 1. The average Bonchev–Trinajstić information content (AvgIpc) is 2.64. The first-order valence-corrected chi connectivity index (χ1v) is 8.77. The zero-order valence-corrected chi connectivity index (χ0v) is 14.6. The van der Waals surface area contributed by atoms with Gasteiger partial charge in [0.2, 0.25) is 5.95 Å². The molecule has 4 rings (SSSR count). The van der Waals surface area contributed by atoms with Crippen LogP contribution in [0.5, 0.6) is 0 Å². The Balaban J connectivity index is 1.60. The summed E-state index contributed by atoms with van der Waals surface area (Å²) < 4.78 is 0. The minimum atomic E-state index is 0.225. The lowest BCUT2D eigenvalue weighted by Gasteiger charge is -2.22. The van der Waals surface area contributed by atoms with Crippen molar-refractivity contribution in [2.45, 2.75) is 38.6 Å². The maximum atomic E-state index is 11.4. The fourth-order valence-electron chi connectivity index (χ4n) is 3.14. The Labute approximate surface area is 151 Å². The van der Waals surface area contributed by atoms with Gasteiger partial charge in [-0.1, -0.05) is 12.1 Å². The summed E-state index contributed by atoms with van der Waals surface area (Å²) in [6.45, 7) is 2.04. The number of benzene rings is 1. The summed E-state index contributed by atoms with van der Waals surface area (Å²) in [5, 5.41) is 6.65. The van der Waals surface area contributed by atoms with E-state index in [1.165, 1.54) is 6.33 Å². The number of hydrogen-bond donors (Lipinski definition) is 2. The predicted octanol–water partition coefficient (Wildman–Crippen LogP) is 3.40. The molecule has 7 heteroatoms. The van der Waals surface area contributed by atoms with Crippen molar-refractivity contribution in [1.29, 1.82) is 0 Å². The van der Waals surface area contributed by atoms with E-state index in [-0.39, 0.29) is 6.04 Å². The van der Waals surface area contributed by atoms with Crippen molar-refractivity contribution in [2.24, 2.45) is 0 Å². The molecule has 26 heavy (non-hydrogen) atoms. The van der Waals surface area contributed by atoms with Gasteiger partial charge < -0.3 is 10.6 Å². The zero-order valence-electron chi connectivity index (χ0n) is 14.6. The second-order valence-electron chi connectivity index (χ2n) is 6.60. The van der Waals surface area contributed by atoms with Crippen molar-refractivity contribution in [3.05, 3.63) is 42.4 Å². The summed E-state index contributed by atoms with van der Waals surface area (Å²) in [5.41, 5.74) is 3.46. The molecule has 7 nitrogen and oxygen atoms in total. The van der Waals surface area contributed by atoms with Crippen molar-refractivity contribution in [2.75, 3.05) is 10.6 Å². The van der Waals surface area contributed by atoms with E-state index in [1.807, 2.05) is 31.2 Å². The lowest BCUT2D eigenvalue weighted by atomic mass is 9.94. The van der Waals surface area contributed by atoms with Crippen LogP contribution in [0.2, 0.25) is 0 Å². The number of rotatable bonds is 4. The van der Waals surface area contributed by atoms with Crippen molar-refractivity contribution in [3.8, 4) is 0 Å². The fourth-order valence-corrected chi connectivity index (χ4v) is 3.14. The molecule has 3 aromatic rings. The Hall–Kier alpha value is -3.09. The minimum absolute atomic E-state index is 0.225. The van der Waals surface area contributed by atoms with Crippen LogP contribution in [0.3, 0.4) is 0 Å². The molecule has 2 N–H and O–H groups in total. The number of nitrogens with one attached hydrogen (secondary N) is 2. The molecule has 2 heterocycles. The van der Waals surface area contributed by atoms with Gasteiger partial charge in [-0.15, -0.1) is 0 Å². The molecule has 0 unspecified atom stereocenters. The molecule has 0 saturated heterocycles. The van der Waals surface area contributed by atoms with Crippen LogP contribution < -0.4 is 10.6 Å². The predicted molar refractivity (Wildman–Crippen MR) is 100 cm³/mol. The Morgan fingerprint density at radius 3 is 2.77 bits per heavy atom. The quantitative estimate of drug-likeness (QED) is 0.746. The first-order valence-electron chi connectivity index (χ1n) is 8.77. The average molecular weight is 348 g/mol. The van der Waals surface area contributed by atoms with Gasteiger partial charge in [0.05, 0.1) is 6.20 Å². The van der Waals surface area contributed by atoms with Crippen LogP contribution in [0.4, 0.5) is 17.5 Å². The summed E-state index contributed by atoms with van der Waals surface area (Å²) >= 11 is 0. The van der Waals surface area contributed by atoms with Gasteiger partial charge in [0.25, 0.3) is 0 Å². The third-order valence-corrected chi connectivity index (χ3v) is 4.53. The number of hydrogen-bond acceptors (Lipinski definition) is 7. The summed E-state index contributed by atoms with van der Waals surface area (Å²) in [6.07, 6.45) is 6.08. The molecule has 1 aromatic carbocycles. The van der Waals surface area contributed by atoms with Crippen LogP contribution in [0.1, 0.15) is 31.2 Å². The van der Waals surface area contributed by atoms with Crippen molar-refractivity contribution in [3.63, 3.8) is 0 Å². The van der Waals surface area contributed by atoms with Gasteiger partial charge in [-0.3, -0.25) is 4.79 Å². The number of carbonyl (C=O) groups excluding carboxylic acids is 1. The van der Waals surface area contributed by atoms with Crippen molar-refractivity contribution in [1.82, 2.24) is 19.9 Å². The van der Waals surface area contributed by atoms with E-state index in [0.717, 1.165) is 24.1 Å². The highest BCUT2D eigenvalue weighted by Gasteiger charge is 2.19. The Bertz CT molecular complexity index is 948. The lowest BCUT2D eigenvalue weighted by molar-refractivity contribution is -0.120. The van der Waals surface area contributed by atoms with E-state index < -0.39 is 0 Å². The first-order chi connectivity index (χ1) is 12.7. The Morgan fingerprint density at radius 2 is 1.96 bits per heavy atom. The van der Waals surface area contributed by atoms with Crippen LogP contribution in [0.25, 0.3) is 11.0 Å². The van der Waals surface area contributed by atoms with E-state index in [9.17, 15) is 4.79 Å². The second-order valence-corrected chi connectivity index (χ2v) is 6.60. The third-order valence-electron chi connectivity index (χ3n) is 4.53. The van der Waals surface area contributed by atoms with Gasteiger partial charge in [-0.2, -0.15) is 0 Å². The maximum absolute atomic E-state index is 11.4. The summed E-state index contributed by atoms with van der Waals surface area (Å²) in [6, 6.07) is 8.30. The molecule has 0 aliphatic heterocycles. The number of anilines is 3. The molecule has 0 spiro atoms. The molecule has 1 fully saturated rings. The molecule has 132 valence electrons. The molecule has 1 saturated carbocycles. The number of aromatic nitrogens is 4. The molecule has 0 amide bonds. The van der Waals surface area contributed by atoms with Gasteiger partial charge in [0, 0.05) is 24.6 Å². The largest absolute Gasteiger partial charge is 0.351 e. The topological polar surface area (TPSA) is 92.7 Å². The number of nitrogens with zero attached hydrogens (tertiary/aromatic N) is 4. The van der Waals surface area contributed by atoms with Gasteiger partial charge in [0.1, 0.15) is 23.1 Å². The highest BCUT2D eigenvalue weighted by atomic mass is 16.1. The third kappa shape index (κ3) is 3.61. The molecular weight excluding hydrogens is 328 g/mol. The number of Topliss-reactive ketones (excluding diaryl/α,β-unsaturated/α-hetero) is 1. The number of ketones is 1. The Kier molecular flexibility index (Phi) is 4.43. The van der Waals surface area contributed by atoms with Crippen molar-refractivity contribution < 1.29 is 4.79 Å². The SMILES string of the molecule is Cc1cccc(Nc2ncnc3cnc(NC4CCC(=O)CC4)nc23)c1. The fraction of sp³-hybridized carbons (Fsp3) is 0.316. The molecule has 2 aromatic heterocycles. The second kappa shape index (κ2) is 7.03. The van der Waals surface area contributed by atoms with Crippen LogP contribution in [-0.4, -0.2) is 31.8 Å². The standard InChI is InChI=1S/C19H20N6O/c1-12-3-2-4-14(9-12)23-18-17-16(21-11-22-18)10-20-19(25-17)24-13-5-7-15(26)8-6-13/h2-4,9-11,13H,5-8H2,1H3,(H,20,24,25)(H,21,22,23). The van der Waals surface area contributed by atoms with Gasteiger partial charge in [0.15, 0.2) is 5.82 Å². The monoisotopic (exact) mass is 348 g/mol. The van der Waals surface area contributed by atoms with Gasteiger partial charge in [-0.25, -0.2) is 19.9 Å². The minimum Gasteiger partial charge on any atom is -0.351 e. The number of aryl methyl sites for hydroxylation is 1. The maximum Gasteiger partial charge on any atom is 0.223 e. The molecule has 0 bridgehead atoms. The molecule has 0 atom stereocenters. The van der Waals surface area contributed by atoms with Gasteiger partial charge >= 0.3 is 0 Å². The van der Waals surface area contributed by atoms with Crippen LogP contribution in [-0.2, 0) is 4.79 Å². The first kappa shape index (κ1) is 16.4. The molecule has 1 aliphatic rings. The van der Waals surface area contributed by atoms with E-state index in [4.69, 9.17) is 0 Å². The highest BCUT2D eigenvalue weighted by molar-refractivity contribution is 5.87. The normalized spacial score (nSPS) is 15.2. The smallest absolute Gasteiger partial charge is 0.223 e. The highest BCUT2D eigenvalue weighted by Crippen LogP contribution is 2.23. The summed E-state index contributed by atoms with van der Waals surface area (Å²) in [7, 11) is 0. The molecular formula is C19H20N6O. The molecule has 1 aliphatic carbocycles. The van der Waals surface area contributed by atoms with E-state index in [1.54, 1.807) is 6.20 Å². The number of carbonyl (C=O) groups is 1.